The smallest absolute Gasteiger partial charge is 0.329 e. The Labute approximate surface area is 181 Å². The number of aliphatic hydroxyl groups is 1. The van der Waals surface area contributed by atoms with Crippen LogP contribution in [0.25, 0.3) is 17.1 Å². The Morgan fingerprint density at radius 2 is 2.00 bits per heavy atom. The van der Waals surface area contributed by atoms with Crippen LogP contribution in [-0.4, -0.2) is 46.7 Å². The Bertz CT molecular complexity index is 1380. The van der Waals surface area contributed by atoms with Gasteiger partial charge in [0.2, 0.25) is 5.95 Å². The molecule has 0 saturated carbocycles. The second-order valence-corrected chi connectivity index (χ2v) is 7.65. The molecule has 0 spiro atoms. The minimum atomic E-state index is -0.999. The molecule has 0 saturated heterocycles. The van der Waals surface area contributed by atoms with E-state index in [9.17, 15) is 14.7 Å². The molecule has 0 fully saturated rings. The first kappa shape index (κ1) is 20.9. The molecule has 2 N–H and O–H groups in total. The van der Waals surface area contributed by atoms with Crippen molar-refractivity contribution in [2.75, 3.05) is 6.61 Å². The van der Waals surface area contributed by atoms with Crippen molar-refractivity contribution in [2.45, 2.75) is 26.5 Å². The Morgan fingerprint density at radius 1 is 1.26 bits per heavy atom. The van der Waals surface area contributed by atoms with Gasteiger partial charge in [0.1, 0.15) is 18.5 Å². The summed E-state index contributed by atoms with van der Waals surface area (Å²) < 4.78 is 9.98. The van der Waals surface area contributed by atoms with Crippen LogP contribution in [0.2, 0.25) is 5.02 Å². The number of hydrogen-bond acceptors (Lipinski definition) is 6. The van der Waals surface area contributed by atoms with Crippen molar-refractivity contribution in [3.63, 3.8) is 0 Å². The van der Waals surface area contributed by atoms with Crippen molar-refractivity contribution >= 4 is 22.8 Å². The third-order valence-corrected chi connectivity index (χ3v) is 5.16. The predicted molar refractivity (Wildman–Crippen MR) is 115 cm³/mol. The summed E-state index contributed by atoms with van der Waals surface area (Å²) in [6.45, 7) is 3.61. The standard InChI is InChI=1S/C20H21ClN6O4/c1-11-8-12(2)27(24-11)19-22-17-16(18(29)23-20(30)25(17)3)26(19)9-13(28)10-31-15-7-5-4-6-14(15)21/h4-8,13,28H,9-10H2,1-3H3,(H,23,29,30)/t13-/m1/s1. The molecule has 0 unspecified atom stereocenters. The number of halogens is 1. The highest BCUT2D eigenvalue weighted by atomic mass is 35.5. The number of imidazole rings is 1. The summed E-state index contributed by atoms with van der Waals surface area (Å²) in [4.78, 5) is 31.4. The Balaban J connectivity index is 1.76. The summed E-state index contributed by atoms with van der Waals surface area (Å²) in [5.74, 6) is 0.752. The second-order valence-electron chi connectivity index (χ2n) is 7.25. The highest BCUT2D eigenvalue weighted by Gasteiger charge is 2.22. The van der Waals surface area contributed by atoms with Gasteiger partial charge in [-0.3, -0.25) is 18.9 Å². The largest absolute Gasteiger partial charge is 0.489 e. The molecule has 162 valence electrons. The van der Waals surface area contributed by atoms with Crippen molar-refractivity contribution in [3.05, 3.63) is 67.6 Å². The first-order valence-electron chi connectivity index (χ1n) is 9.55. The number of aryl methyl sites for hydroxylation is 3. The van der Waals surface area contributed by atoms with Gasteiger partial charge in [-0.05, 0) is 32.0 Å². The Morgan fingerprint density at radius 3 is 2.68 bits per heavy atom. The summed E-state index contributed by atoms with van der Waals surface area (Å²) in [5, 5.41) is 15.5. The van der Waals surface area contributed by atoms with Gasteiger partial charge < -0.3 is 9.84 Å². The summed E-state index contributed by atoms with van der Waals surface area (Å²) in [7, 11) is 1.51. The van der Waals surface area contributed by atoms with Gasteiger partial charge in [0.15, 0.2) is 11.2 Å². The Hall–Kier alpha value is -3.37. The first-order valence-corrected chi connectivity index (χ1v) is 9.92. The molecular formula is C20H21ClN6O4. The molecular weight excluding hydrogens is 424 g/mol. The lowest BCUT2D eigenvalue weighted by molar-refractivity contribution is 0.0932. The van der Waals surface area contributed by atoms with E-state index in [4.69, 9.17) is 16.3 Å². The van der Waals surface area contributed by atoms with Crippen LogP contribution in [0.15, 0.2) is 39.9 Å². The average Bonchev–Trinajstić information content (AvgIpc) is 3.25. The maximum absolute atomic E-state index is 12.6. The molecule has 1 aromatic carbocycles. The number of benzene rings is 1. The first-order chi connectivity index (χ1) is 14.8. The highest BCUT2D eigenvalue weighted by Crippen LogP contribution is 2.23. The molecule has 0 aliphatic heterocycles. The van der Waals surface area contributed by atoms with Crippen molar-refractivity contribution in [1.29, 1.82) is 0 Å². The average molecular weight is 445 g/mol. The van der Waals surface area contributed by atoms with Crippen molar-refractivity contribution in [1.82, 2.24) is 28.9 Å². The molecule has 31 heavy (non-hydrogen) atoms. The van der Waals surface area contributed by atoms with E-state index in [2.05, 4.69) is 15.1 Å². The second kappa shape index (κ2) is 8.05. The van der Waals surface area contributed by atoms with Gasteiger partial charge in [-0.15, -0.1) is 0 Å². The number of H-pyrrole nitrogens is 1. The van der Waals surface area contributed by atoms with Crippen LogP contribution in [0.3, 0.4) is 0 Å². The van der Waals surface area contributed by atoms with Gasteiger partial charge in [0, 0.05) is 12.7 Å². The molecule has 0 radical (unpaired) electrons. The van der Waals surface area contributed by atoms with Gasteiger partial charge in [0.25, 0.3) is 5.56 Å². The summed E-state index contributed by atoms with van der Waals surface area (Å²) in [6, 6.07) is 8.80. The molecule has 4 rings (SSSR count). The SMILES string of the molecule is Cc1cc(C)n(-c2nc3c(c(=O)[nH]c(=O)n3C)n2C[C@@H](O)COc2ccccc2Cl)n1. The molecule has 10 nitrogen and oxygen atoms in total. The number of nitrogens with one attached hydrogen (secondary N) is 1. The van der Waals surface area contributed by atoms with Gasteiger partial charge in [-0.2, -0.15) is 10.1 Å². The molecule has 0 bridgehead atoms. The monoisotopic (exact) mass is 444 g/mol. The fourth-order valence-electron chi connectivity index (χ4n) is 3.40. The number of aromatic amines is 1. The van der Waals surface area contributed by atoms with Crippen LogP contribution in [-0.2, 0) is 13.6 Å². The quantitative estimate of drug-likeness (QED) is 0.463. The van der Waals surface area contributed by atoms with Gasteiger partial charge in [-0.1, -0.05) is 23.7 Å². The molecule has 11 heteroatoms. The minimum absolute atomic E-state index is 0.0179. The van der Waals surface area contributed by atoms with Crippen molar-refractivity contribution in [2.24, 2.45) is 7.05 Å². The normalized spacial score (nSPS) is 12.4. The van der Waals surface area contributed by atoms with E-state index in [0.29, 0.717) is 16.7 Å². The molecule has 3 aromatic heterocycles. The lowest BCUT2D eigenvalue weighted by Crippen LogP contribution is -2.31. The number of nitrogens with zero attached hydrogens (tertiary/aromatic N) is 5. The maximum Gasteiger partial charge on any atom is 0.329 e. The summed E-state index contributed by atoms with van der Waals surface area (Å²) in [5.41, 5.74) is 0.720. The van der Waals surface area contributed by atoms with Gasteiger partial charge in [-0.25, -0.2) is 9.48 Å². The van der Waals surface area contributed by atoms with E-state index in [1.165, 1.54) is 16.2 Å². The number of para-hydroxylation sites is 1. The number of rotatable bonds is 6. The fourth-order valence-corrected chi connectivity index (χ4v) is 3.59. The van der Waals surface area contributed by atoms with Crippen LogP contribution < -0.4 is 16.0 Å². The number of ether oxygens (including phenoxy) is 1. The van der Waals surface area contributed by atoms with Gasteiger partial charge in [0.05, 0.1) is 17.3 Å². The van der Waals surface area contributed by atoms with Crippen LogP contribution in [0, 0.1) is 13.8 Å². The van der Waals surface area contributed by atoms with Crippen LogP contribution in [0.4, 0.5) is 0 Å². The zero-order chi connectivity index (χ0) is 22.3. The van der Waals surface area contributed by atoms with Crippen LogP contribution in [0.1, 0.15) is 11.4 Å². The summed E-state index contributed by atoms with van der Waals surface area (Å²) in [6.07, 6.45) is -0.999. The van der Waals surface area contributed by atoms with Crippen LogP contribution >= 0.6 is 11.6 Å². The molecule has 4 aromatic rings. The summed E-state index contributed by atoms with van der Waals surface area (Å²) >= 11 is 6.10. The lowest BCUT2D eigenvalue weighted by atomic mass is 10.3. The highest BCUT2D eigenvalue weighted by molar-refractivity contribution is 6.32. The van der Waals surface area contributed by atoms with Crippen molar-refractivity contribution < 1.29 is 9.84 Å². The van der Waals surface area contributed by atoms with Gasteiger partial charge >= 0.3 is 5.69 Å². The molecule has 0 aliphatic carbocycles. The van der Waals surface area contributed by atoms with E-state index in [1.807, 2.05) is 19.9 Å². The zero-order valence-corrected chi connectivity index (χ0v) is 17.9. The lowest BCUT2D eigenvalue weighted by Gasteiger charge is -2.16. The van der Waals surface area contributed by atoms with E-state index in [-0.39, 0.29) is 24.3 Å². The number of aromatic nitrogens is 6. The topological polar surface area (TPSA) is 120 Å². The number of fused-ring (bicyclic) bond motifs is 1. The Kier molecular flexibility index (Phi) is 5.42. The van der Waals surface area contributed by atoms with Crippen LogP contribution in [0.5, 0.6) is 5.75 Å². The number of aliphatic hydroxyl groups excluding tert-OH is 1. The number of hydrogen-bond donors (Lipinski definition) is 2. The minimum Gasteiger partial charge on any atom is -0.489 e. The molecule has 1 atom stereocenters. The fraction of sp³-hybridized carbons (Fsp3) is 0.300. The van der Waals surface area contributed by atoms with E-state index >= 15 is 0 Å². The van der Waals surface area contributed by atoms with Crippen molar-refractivity contribution in [3.8, 4) is 11.7 Å². The van der Waals surface area contributed by atoms with E-state index in [0.717, 1.165) is 11.4 Å². The maximum atomic E-state index is 12.6. The third-order valence-electron chi connectivity index (χ3n) is 4.85. The van der Waals surface area contributed by atoms with E-state index < -0.39 is 17.4 Å². The van der Waals surface area contributed by atoms with E-state index in [1.54, 1.807) is 28.9 Å². The molecule has 0 amide bonds. The molecule has 0 aliphatic rings. The predicted octanol–water partition coefficient (Wildman–Crippen LogP) is 1.32. The third kappa shape index (κ3) is 3.87. The molecule has 3 heterocycles. The zero-order valence-electron chi connectivity index (χ0n) is 17.2.